The number of benzene rings is 1. The average molecular weight is 447 g/mol. The van der Waals surface area contributed by atoms with Crippen LogP contribution in [-0.4, -0.2) is 48.7 Å². The SMILES string of the molecule is CN=C(N=CN)c1ccc(NC(=O)C2(c3ccc(N=CN=C(N)N=CN)cc3)CCC2)nc1. The molecule has 0 bridgehead atoms. The highest BCUT2D eigenvalue weighted by Gasteiger charge is 2.45. The molecule has 33 heavy (non-hydrogen) atoms. The summed E-state index contributed by atoms with van der Waals surface area (Å²) in [5, 5.41) is 2.93. The van der Waals surface area contributed by atoms with Crippen molar-refractivity contribution in [3.63, 3.8) is 0 Å². The third-order valence-corrected chi connectivity index (χ3v) is 5.34. The van der Waals surface area contributed by atoms with Crippen LogP contribution >= 0.6 is 0 Å². The maximum absolute atomic E-state index is 13.2. The third kappa shape index (κ3) is 5.45. The minimum Gasteiger partial charge on any atom is -0.390 e. The Kier molecular flexibility index (Phi) is 7.58. The molecular formula is C22H26N10O. The molecule has 1 heterocycles. The number of aromatic nitrogens is 1. The first-order chi connectivity index (χ1) is 16.0. The minimum absolute atomic E-state index is 0.00918. The van der Waals surface area contributed by atoms with Gasteiger partial charge >= 0.3 is 0 Å². The van der Waals surface area contributed by atoms with Gasteiger partial charge in [0.1, 0.15) is 12.2 Å². The number of amides is 1. The van der Waals surface area contributed by atoms with Crippen LogP contribution < -0.4 is 22.5 Å². The topological polar surface area (TPSA) is 182 Å². The Morgan fingerprint density at radius 2 is 1.82 bits per heavy atom. The van der Waals surface area contributed by atoms with E-state index in [4.69, 9.17) is 17.2 Å². The number of rotatable bonds is 6. The number of pyridine rings is 1. The Hall–Kier alpha value is -4.41. The highest BCUT2D eigenvalue weighted by atomic mass is 16.2. The molecule has 1 amide bonds. The summed E-state index contributed by atoms with van der Waals surface area (Å²) >= 11 is 0. The lowest BCUT2D eigenvalue weighted by atomic mass is 9.64. The zero-order valence-electron chi connectivity index (χ0n) is 18.2. The van der Waals surface area contributed by atoms with E-state index in [-0.39, 0.29) is 11.9 Å². The molecular weight excluding hydrogens is 420 g/mol. The maximum atomic E-state index is 13.2. The van der Waals surface area contributed by atoms with E-state index in [1.165, 1.54) is 12.7 Å². The first-order valence-electron chi connectivity index (χ1n) is 10.2. The number of nitrogens with one attached hydrogen (secondary N) is 1. The van der Waals surface area contributed by atoms with E-state index in [0.717, 1.165) is 31.2 Å². The highest BCUT2D eigenvalue weighted by Crippen LogP contribution is 2.45. The van der Waals surface area contributed by atoms with Crippen LogP contribution in [0.1, 0.15) is 30.4 Å². The van der Waals surface area contributed by atoms with Gasteiger partial charge in [0, 0.05) is 18.8 Å². The Morgan fingerprint density at radius 3 is 2.36 bits per heavy atom. The van der Waals surface area contributed by atoms with Crippen molar-refractivity contribution in [2.45, 2.75) is 24.7 Å². The number of nitrogens with two attached hydrogens (primary N) is 3. The zero-order chi connectivity index (χ0) is 23.7. The van der Waals surface area contributed by atoms with Crippen LogP contribution in [0.2, 0.25) is 0 Å². The van der Waals surface area contributed by atoms with E-state index in [0.29, 0.717) is 22.9 Å². The second-order valence-electron chi connectivity index (χ2n) is 7.20. The molecule has 0 spiro atoms. The number of hydrogen-bond donors (Lipinski definition) is 4. The number of hydrogen-bond acceptors (Lipinski definition) is 4. The molecule has 1 aliphatic rings. The van der Waals surface area contributed by atoms with E-state index < -0.39 is 5.41 Å². The maximum Gasteiger partial charge on any atom is 0.236 e. The number of amidine groups is 1. The van der Waals surface area contributed by atoms with Gasteiger partial charge in [-0.15, -0.1) is 0 Å². The first-order valence-corrected chi connectivity index (χ1v) is 10.2. The van der Waals surface area contributed by atoms with E-state index in [1.54, 1.807) is 25.4 Å². The molecule has 1 aliphatic carbocycles. The van der Waals surface area contributed by atoms with Gasteiger partial charge in [-0.2, -0.15) is 0 Å². The number of aliphatic imine (C=N–C) groups is 5. The summed E-state index contributed by atoms with van der Waals surface area (Å²) in [6.07, 6.45) is 7.62. The lowest BCUT2D eigenvalue weighted by Crippen LogP contribution is -2.46. The molecule has 0 radical (unpaired) electrons. The fraction of sp³-hybridized carbons (Fsp3) is 0.227. The number of carbonyl (C=O) groups is 1. The molecule has 11 heteroatoms. The van der Waals surface area contributed by atoms with Gasteiger partial charge in [0.2, 0.25) is 11.9 Å². The fourth-order valence-corrected chi connectivity index (χ4v) is 3.48. The van der Waals surface area contributed by atoms with Crippen LogP contribution in [0.15, 0.2) is 67.6 Å². The first kappa shape index (κ1) is 23.3. The third-order valence-electron chi connectivity index (χ3n) is 5.34. The Morgan fingerprint density at radius 1 is 1.09 bits per heavy atom. The second-order valence-corrected chi connectivity index (χ2v) is 7.20. The predicted octanol–water partition coefficient (Wildman–Crippen LogP) is 1.47. The molecule has 0 unspecified atom stereocenters. The molecule has 11 nitrogen and oxygen atoms in total. The minimum atomic E-state index is -0.596. The van der Waals surface area contributed by atoms with Crippen LogP contribution in [0.5, 0.6) is 0 Å². The number of nitrogens with zero attached hydrogens (tertiary/aromatic N) is 6. The zero-order valence-corrected chi connectivity index (χ0v) is 18.2. The Balaban J connectivity index is 1.72. The van der Waals surface area contributed by atoms with Crippen molar-refractivity contribution >= 4 is 48.2 Å². The quantitative estimate of drug-likeness (QED) is 0.386. The lowest BCUT2D eigenvalue weighted by Gasteiger charge is -2.40. The molecule has 0 aliphatic heterocycles. The summed E-state index contributed by atoms with van der Waals surface area (Å²) in [6, 6.07) is 11.0. The molecule has 1 aromatic heterocycles. The van der Waals surface area contributed by atoms with Gasteiger partial charge in [-0.3, -0.25) is 9.79 Å². The van der Waals surface area contributed by atoms with E-state index in [9.17, 15) is 4.79 Å². The molecule has 3 rings (SSSR count). The summed E-state index contributed by atoms with van der Waals surface area (Å²) in [5.74, 6) is 0.835. The van der Waals surface area contributed by atoms with Gasteiger partial charge in [-0.05, 0) is 42.7 Å². The van der Waals surface area contributed by atoms with Gasteiger partial charge in [0.05, 0.1) is 23.8 Å². The van der Waals surface area contributed by atoms with Crippen LogP contribution in [0.25, 0.3) is 0 Å². The summed E-state index contributed by atoms with van der Waals surface area (Å²) < 4.78 is 0. The van der Waals surface area contributed by atoms with Crippen molar-refractivity contribution in [3.8, 4) is 0 Å². The van der Waals surface area contributed by atoms with E-state index >= 15 is 0 Å². The molecule has 0 saturated heterocycles. The molecule has 1 fully saturated rings. The molecule has 0 atom stereocenters. The molecule has 7 N–H and O–H groups in total. The summed E-state index contributed by atoms with van der Waals surface area (Å²) in [7, 11) is 1.62. The van der Waals surface area contributed by atoms with Crippen LogP contribution in [-0.2, 0) is 10.2 Å². The number of anilines is 1. The number of carbonyl (C=O) groups excluding carboxylic acids is 1. The largest absolute Gasteiger partial charge is 0.390 e. The fourth-order valence-electron chi connectivity index (χ4n) is 3.48. The Labute approximate surface area is 191 Å². The summed E-state index contributed by atoms with van der Waals surface area (Å²) in [4.78, 5) is 37.2. The van der Waals surface area contributed by atoms with Crippen molar-refractivity contribution < 1.29 is 4.79 Å². The Bertz CT molecular complexity index is 1110. The van der Waals surface area contributed by atoms with Crippen LogP contribution in [0.4, 0.5) is 11.5 Å². The van der Waals surface area contributed by atoms with Crippen LogP contribution in [0.3, 0.4) is 0 Å². The van der Waals surface area contributed by atoms with Gasteiger partial charge in [0.25, 0.3) is 0 Å². The predicted molar refractivity (Wildman–Crippen MR) is 132 cm³/mol. The van der Waals surface area contributed by atoms with Gasteiger partial charge < -0.3 is 22.5 Å². The van der Waals surface area contributed by atoms with Gasteiger partial charge in [0.15, 0.2) is 5.84 Å². The molecule has 1 aromatic carbocycles. The van der Waals surface area contributed by atoms with E-state index in [1.807, 2.05) is 24.3 Å². The highest BCUT2D eigenvalue weighted by molar-refractivity contribution is 6.03. The average Bonchev–Trinajstić information content (AvgIpc) is 2.78. The standard InChI is InChI=1S/C22H26N10O/c1-26-19(28-12-23)15-3-8-18(27-11-15)32-20(33)22(9-2-10-22)16-4-6-17(7-5-16)30-14-31-21(25)29-13-24/h3-8,11-14H,2,9-10H2,1H3,(H2,23,26,28)(H,27,32,33)(H4,24,25,29,30,31). The van der Waals surface area contributed by atoms with Crippen molar-refractivity contribution in [2.24, 2.45) is 42.2 Å². The van der Waals surface area contributed by atoms with Crippen LogP contribution in [0, 0.1) is 0 Å². The smallest absolute Gasteiger partial charge is 0.236 e. The summed E-state index contributed by atoms with van der Waals surface area (Å²) in [5.41, 5.74) is 17.7. The lowest BCUT2D eigenvalue weighted by molar-refractivity contribution is -0.124. The molecule has 170 valence electrons. The van der Waals surface area contributed by atoms with Gasteiger partial charge in [-0.1, -0.05) is 18.6 Å². The van der Waals surface area contributed by atoms with E-state index in [2.05, 4.69) is 35.3 Å². The van der Waals surface area contributed by atoms with Crippen molar-refractivity contribution in [3.05, 3.63) is 53.7 Å². The van der Waals surface area contributed by atoms with Crippen molar-refractivity contribution in [1.29, 1.82) is 0 Å². The van der Waals surface area contributed by atoms with Crippen molar-refractivity contribution in [1.82, 2.24) is 4.98 Å². The molecule has 1 saturated carbocycles. The van der Waals surface area contributed by atoms with Crippen molar-refractivity contribution in [2.75, 3.05) is 12.4 Å². The number of guanidine groups is 1. The summed E-state index contributed by atoms with van der Waals surface area (Å²) in [6.45, 7) is 0. The van der Waals surface area contributed by atoms with Gasteiger partial charge in [-0.25, -0.2) is 25.0 Å². The monoisotopic (exact) mass is 446 g/mol. The second kappa shape index (κ2) is 10.8. The normalized spacial score (nSPS) is 16.4. The molecule has 2 aromatic rings.